The van der Waals surface area contributed by atoms with Crippen LogP contribution in [-0.4, -0.2) is 21.0 Å². The molecule has 0 spiro atoms. The molecule has 0 unspecified atom stereocenters. The van der Waals surface area contributed by atoms with Crippen molar-refractivity contribution in [2.24, 2.45) is 0 Å². The average Bonchev–Trinajstić information content (AvgIpc) is 2.94. The predicted octanol–water partition coefficient (Wildman–Crippen LogP) is 4.08. The highest BCUT2D eigenvalue weighted by atomic mass is 32.1. The first-order valence-electron chi connectivity index (χ1n) is 7.10. The second-order valence-electron chi connectivity index (χ2n) is 5.03. The number of oxazole rings is 1. The number of pyridine rings is 2. The third-order valence-corrected chi connectivity index (χ3v) is 3.61. The van der Waals surface area contributed by atoms with Gasteiger partial charge in [-0.25, -0.2) is 4.79 Å². The molecule has 1 aromatic carbocycles. The van der Waals surface area contributed by atoms with Gasteiger partial charge in [0.2, 0.25) is 0 Å². The van der Waals surface area contributed by atoms with Gasteiger partial charge in [-0.05, 0) is 42.5 Å². The molecule has 0 aliphatic rings. The smallest absolute Gasteiger partial charge is 0.323 e. The molecule has 0 bridgehead atoms. The van der Waals surface area contributed by atoms with Crippen LogP contribution in [0.15, 0.2) is 53.2 Å². The fourth-order valence-electron chi connectivity index (χ4n) is 2.39. The fourth-order valence-corrected chi connectivity index (χ4v) is 2.59. The summed E-state index contributed by atoms with van der Waals surface area (Å²) in [5.41, 5.74) is 3.86. The maximum absolute atomic E-state index is 12.2. The second kappa shape index (κ2) is 5.74. The highest BCUT2D eigenvalue weighted by Gasteiger charge is 2.08. The number of hydrogen-bond donors (Lipinski definition) is 3. The molecule has 0 atom stereocenters. The zero-order chi connectivity index (χ0) is 16.5. The van der Waals surface area contributed by atoms with E-state index in [4.69, 9.17) is 16.6 Å². The van der Waals surface area contributed by atoms with E-state index in [0.29, 0.717) is 32.8 Å². The lowest BCUT2D eigenvalue weighted by atomic mass is 10.3. The van der Waals surface area contributed by atoms with Crippen LogP contribution < -0.4 is 10.6 Å². The van der Waals surface area contributed by atoms with Crippen molar-refractivity contribution in [2.45, 2.75) is 0 Å². The fraction of sp³-hybridized carbons (Fsp3) is 0. The quantitative estimate of drug-likeness (QED) is 0.479. The molecule has 0 saturated carbocycles. The summed E-state index contributed by atoms with van der Waals surface area (Å²) in [6.07, 6.45) is 3.27. The van der Waals surface area contributed by atoms with Crippen molar-refractivity contribution >= 4 is 51.8 Å². The van der Waals surface area contributed by atoms with E-state index in [2.05, 4.69) is 25.6 Å². The summed E-state index contributed by atoms with van der Waals surface area (Å²) in [6, 6.07) is 10.2. The molecule has 8 heteroatoms. The van der Waals surface area contributed by atoms with E-state index in [1.54, 1.807) is 42.7 Å². The highest BCUT2D eigenvalue weighted by molar-refractivity contribution is 7.71. The van der Waals surface area contributed by atoms with Gasteiger partial charge in [0.25, 0.3) is 4.84 Å². The molecule has 0 aliphatic carbocycles. The maximum atomic E-state index is 12.2. The number of nitrogens with zero attached hydrogens (tertiary/aromatic N) is 2. The molecule has 24 heavy (non-hydrogen) atoms. The lowest BCUT2D eigenvalue weighted by Gasteiger charge is -2.09. The second-order valence-corrected chi connectivity index (χ2v) is 5.41. The van der Waals surface area contributed by atoms with Crippen molar-refractivity contribution < 1.29 is 9.21 Å². The molecule has 0 aliphatic heterocycles. The number of carbonyl (C=O) groups is 1. The molecule has 3 heterocycles. The minimum Gasteiger partial charge on any atom is -0.429 e. The maximum Gasteiger partial charge on any atom is 0.323 e. The predicted molar refractivity (Wildman–Crippen MR) is 93.6 cm³/mol. The van der Waals surface area contributed by atoms with Crippen LogP contribution in [-0.2, 0) is 0 Å². The van der Waals surface area contributed by atoms with Gasteiger partial charge in [0.1, 0.15) is 5.52 Å². The molecule has 3 aromatic heterocycles. The minimum atomic E-state index is -0.387. The van der Waals surface area contributed by atoms with Gasteiger partial charge < -0.3 is 20.0 Å². The van der Waals surface area contributed by atoms with E-state index in [-0.39, 0.29) is 6.03 Å². The van der Waals surface area contributed by atoms with Gasteiger partial charge in [-0.1, -0.05) is 0 Å². The van der Waals surface area contributed by atoms with Crippen LogP contribution in [0, 0.1) is 4.84 Å². The van der Waals surface area contributed by atoms with Crippen molar-refractivity contribution in [3.8, 4) is 0 Å². The number of nitrogens with one attached hydrogen (secondary N) is 3. The number of aromatic nitrogens is 3. The molecule has 118 valence electrons. The van der Waals surface area contributed by atoms with Gasteiger partial charge in [-0.3, -0.25) is 9.97 Å². The summed E-state index contributed by atoms with van der Waals surface area (Å²) in [6.45, 7) is 0. The van der Waals surface area contributed by atoms with Gasteiger partial charge >= 0.3 is 6.03 Å². The van der Waals surface area contributed by atoms with Gasteiger partial charge in [0.15, 0.2) is 5.58 Å². The summed E-state index contributed by atoms with van der Waals surface area (Å²) >= 11 is 4.94. The van der Waals surface area contributed by atoms with E-state index in [9.17, 15) is 4.79 Å². The highest BCUT2D eigenvalue weighted by Crippen LogP contribution is 2.21. The Hall–Kier alpha value is -3.26. The van der Waals surface area contributed by atoms with E-state index in [1.807, 2.05) is 6.07 Å². The molecule has 4 aromatic rings. The number of urea groups is 1. The summed E-state index contributed by atoms with van der Waals surface area (Å²) in [5.74, 6) is 0. The SMILES string of the molecule is O=C(Nc1ccc2[nH]c(=S)oc2c1)Nc1ccnc2cccnc12. The lowest BCUT2D eigenvalue weighted by Crippen LogP contribution is -2.19. The largest absolute Gasteiger partial charge is 0.429 e. The van der Waals surface area contributed by atoms with Crippen LogP contribution in [0.3, 0.4) is 0 Å². The Balaban J connectivity index is 1.58. The minimum absolute atomic E-state index is 0.293. The Morgan fingerprint density at radius 2 is 2.04 bits per heavy atom. The van der Waals surface area contributed by atoms with E-state index >= 15 is 0 Å². The van der Waals surface area contributed by atoms with Crippen LogP contribution in [0.5, 0.6) is 0 Å². The number of benzene rings is 1. The first-order chi connectivity index (χ1) is 11.7. The summed E-state index contributed by atoms with van der Waals surface area (Å²) in [5, 5.41) is 5.53. The monoisotopic (exact) mass is 337 g/mol. The number of hydrogen-bond acceptors (Lipinski definition) is 5. The van der Waals surface area contributed by atoms with E-state index in [1.165, 1.54) is 0 Å². The molecule has 7 nitrogen and oxygen atoms in total. The van der Waals surface area contributed by atoms with Crippen molar-refractivity contribution in [3.63, 3.8) is 0 Å². The third kappa shape index (κ3) is 2.70. The molecule has 2 amide bonds. The zero-order valence-corrected chi connectivity index (χ0v) is 13.1. The Morgan fingerprint density at radius 1 is 1.12 bits per heavy atom. The topological polar surface area (TPSA) is 95.8 Å². The number of rotatable bonds is 2. The van der Waals surface area contributed by atoms with E-state index < -0.39 is 0 Å². The molecule has 4 rings (SSSR count). The van der Waals surface area contributed by atoms with E-state index in [0.717, 1.165) is 5.52 Å². The van der Waals surface area contributed by atoms with Crippen molar-refractivity contribution in [2.75, 3.05) is 10.6 Å². The first-order valence-corrected chi connectivity index (χ1v) is 7.50. The number of amides is 2. The van der Waals surface area contributed by atoms with Crippen LogP contribution in [0.2, 0.25) is 0 Å². The summed E-state index contributed by atoms with van der Waals surface area (Å²) in [4.78, 5) is 23.9. The number of anilines is 2. The normalized spacial score (nSPS) is 10.8. The Labute approximate surface area is 140 Å². The van der Waals surface area contributed by atoms with Gasteiger partial charge in [-0.2, -0.15) is 0 Å². The summed E-state index contributed by atoms with van der Waals surface area (Å²) in [7, 11) is 0. The Bertz CT molecular complexity index is 1110. The zero-order valence-electron chi connectivity index (χ0n) is 12.2. The first kappa shape index (κ1) is 14.3. The Kier molecular flexibility index (Phi) is 3.43. The van der Waals surface area contributed by atoms with Crippen molar-refractivity contribution in [1.82, 2.24) is 15.0 Å². The molecule has 0 saturated heterocycles. The number of fused-ring (bicyclic) bond motifs is 2. The number of H-pyrrole nitrogens is 1. The molecule has 0 fully saturated rings. The van der Waals surface area contributed by atoms with Crippen LogP contribution in [0.1, 0.15) is 0 Å². The molecular weight excluding hydrogens is 326 g/mol. The average molecular weight is 337 g/mol. The van der Waals surface area contributed by atoms with Crippen molar-refractivity contribution in [1.29, 1.82) is 0 Å². The lowest BCUT2D eigenvalue weighted by molar-refractivity contribution is 0.262. The van der Waals surface area contributed by atoms with Crippen LogP contribution in [0.4, 0.5) is 16.2 Å². The molecular formula is C16H11N5O2S. The van der Waals surface area contributed by atoms with Gasteiger partial charge in [-0.15, -0.1) is 0 Å². The van der Waals surface area contributed by atoms with Crippen molar-refractivity contribution in [3.05, 3.63) is 53.6 Å². The molecule has 0 radical (unpaired) electrons. The number of aromatic amines is 1. The van der Waals surface area contributed by atoms with Crippen LogP contribution in [0.25, 0.3) is 22.1 Å². The third-order valence-electron chi connectivity index (χ3n) is 3.42. The summed E-state index contributed by atoms with van der Waals surface area (Å²) < 4.78 is 5.34. The van der Waals surface area contributed by atoms with Gasteiger partial charge in [0.05, 0.1) is 16.7 Å². The molecule has 3 N–H and O–H groups in total. The number of carbonyl (C=O) groups excluding carboxylic acids is 1. The van der Waals surface area contributed by atoms with Crippen LogP contribution >= 0.6 is 12.2 Å². The standard InChI is InChI=1S/C16H11N5O2S/c22-15(19-9-3-4-10-13(8-9)23-16(24)21-10)20-12-5-7-17-11-2-1-6-18-14(11)12/h1-8H,(H,21,24)(H2,17,19,20,22). The van der Waals surface area contributed by atoms with Gasteiger partial charge in [0, 0.05) is 24.1 Å². The Morgan fingerprint density at radius 3 is 2.96 bits per heavy atom.